The molecule has 1 unspecified atom stereocenters. The lowest BCUT2D eigenvalue weighted by molar-refractivity contribution is 0.550. The second-order valence-corrected chi connectivity index (χ2v) is 5.07. The minimum absolute atomic E-state index is 0.402. The van der Waals surface area contributed by atoms with Crippen molar-refractivity contribution >= 4 is 10.9 Å². The second kappa shape index (κ2) is 4.46. The van der Waals surface area contributed by atoms with Crippen molar-refractivity contribution in [3.63, 3.8) is 0 Å². The van der Waals surface area contributed by atoms with Gasteiger partial charge >= 0.3 is 0 Å². The van der Waals surface area contributed by atoms with Crippen LogP contribution in [0.4, 0.5) is 0 Å². The molecule has 1 heterocycles. The highest BCUT2D eigenvalue weighted by molar-refractivity contribution is 5.78. The molecule has 1 saturated carbocycles. The fourth-order valence-electron chi connectivity index (χ4n) is 2.37. The minimum Gasteiger partial charge on any atom is -0.327 e. The summed E-state index contributed by atoms with van der Waals surface area (Å²) in [6.07, 6.45) is 6.70. The summed E-state index contributed by atoms with van der Waals surface area (Å²) in [6, 6.07) is 11.0. The van der Waals surface area contributed by atoms with Crippen molar-refractivity contribution in [2.75, 3.05) is 0 Å². The van der Waals surface area contributed by atoms with Gasteiger partial charge in [0, 0.05) is 17.6 Å². The number of rotatable bonds is 4. The second-order valence-electron chi connectivity index (χ2n) is 5.07. The zero-order chi connectivity index (χ0) is 11.7. The molecule has 3 rings (SSSR count). The SMILES string of the molecule is NC(CCc1ccc2ncccc2c1)C1CC1. The lowest BCUT2D eigenvalue weighted by Gasteiger charge is -2.10. The van der Waals surface area contributed by atoms with Crippen molar-refractivity contribution in [1.82, 2.24) is 4.98 Å². The Balaban J connectivity index is 1.71. The van der Waals surface area contributed by atoms with Gasteiger partial charge in [-0.15, -0.1) is 0 Å². The third kappa shape index (κ3) is 2.47. The molecular weight excluding hydrogens is 208 g/mol. The fraction of sp³-hybridized carbons (Fsp3) is 0.400. The van der Waals surface area contributed by atoms with Crippen LogP contribution >= 0.6 is 0 Å². The Kier molecular flexibility index (Phi) is 2.81. The van der Waals surface area contributed by atoms with Crippen LogP contribution in [0.15, 0.2) is 36.5 Å². The molecule has 17 heavy (non-hydrogen) atoms. The fourth-order valence-corrected chi connectivity index (χ4v) is 2.37. The number of aromatic nitrogens is 1. The zero-order valence-electron chi connectivity index (χ0n) is 9.97. The Morgan fingerprint density at radius 1 is 1.29 bits per heavy atom. The van der Waals surface area contributed by atoms with Gasteiger partial charge in [0.05, 0.1) is 5.52 Å². The van der Waals surface area contributed by atoms with E-state index in [1.807, 2.05) is 12.3 Å². The average Bonchev–Trinajstić information content (AvgIpc) is 3.20. The van der Waals surface area contributed by atoms with Gasteiger partial charge in [-0.05, 0) is 55.4 Å². The van der Waals surface area contributed by atoms with E-state index in [0.717, 1.165) is 24.3 Å². The summed E-state index contributed by atoms with van der Waals surface area (Å²) in [7, 11) is 0. The van der Waals surface area contributed by atoms with Crippen molar-refractivity contribution in [1.29, 1.82) is 0 Å². The van der Waals surface area contributed by atoms with Crippen molar-refractivity contribution in [3.8, 4) is 0 Å². The van der Waals surface area contributed by atoms with E-state index in [4.69, 9.17) is 5.73 Å². The first-order valence-electron chi connectivity index (χ1n) is 6.42. The van der Waals surface area contributed by atoms with E-state index in [0.29, 0.717) is 6.04 Å². The Bertz CT molecular complexity index is 517. The van der Waals surface area contributed by atoms with Crippen LogP contribution in [0, 0.1) is 5.92 Å². The summed E-state index contributed by atoms with van der Waals surface area (Å²) in [5, 5.41) is 1.23. The number of hydrogen-bond donors (Lipinski definition) is 1. The maximum atomic E-state index is 6.13. The van der Waals surface area contributed by atoms with Gasteiger partial charge < -0.3 is 5.73 Å². The number of pyridine rings is 1. The van der Waals surface area contributed by atoms with E-state index in [2.05, 4.69) is 29.2 Å². The van der Waals surface area contributed by atoms with E-state index < -0.39 is 0 Å². The molecular formula is C15H18N2. The maximum absolute atomic E-state index is 6.13. The molecule has 0 aliphatic heterocycles. The van der Waals surface area contributed by atoms with Gasteiger partial charge in [0.15, 0.2) is 0 Å². The smallest absolute Gasteiger partial charge is 0.0702 e. The summed E-state index contributed by atoms with van der Waals surface area (Å²) >= 11 is 0. The van der Waals surface area contributed by atoms with E-state index >= 15 is 0 Å². The number of hydrogen-bond acceptors (Lipinski definition) is 2. The maximum Gasteiger partial charge on any atom is 0.0702 e. The van der Waals surface area contributed by atoms with Crippen molar-refractivity contribution in [2.45, 2.75) is 31.7 Å². The number of benzene rings is 1. The topological polar surface area (TPSA) is 38.9 Å². The normalized spacial score (nSPS) is 17.2. The zero-order valence-corrected chi connectivity index (χ0v) is 9.97. The van der Waals surface area contributed by atoms with Crippen LogP contribution in [0.5, 0.6) is 0 Å². The monoisotopic (exact) mass is 226 g/mol. The molecule has 0 radical (unpaired) electrons. The predicted octanol–water partition coefficient (Wildman–Crippen LogP) is 2.90. The summed E-state index contributed by atoms with van der Waals surface area (Å²) in [4.78, 5) is 4.33. The molecule has 1 aromatic carbocycles. The molecule has 2 nitrogen and oxygen atoms in total. The highest BCUT2D eigenvalue weighted by Crippen LogP contribution is 2.33. The molecule has 0 saturated heterocycles. The highest BCUT2D eigenvalue weighted by atomic mass is 14.7. The van der Waals surface area contributed by atoms with Crippen LogP contribution < -0.4 is 5.73 Å². The Hall–Kier alpha value is -1.41. The largest absolute Gasteiger partial charge is 0.327 e. The predicted molar refractivity (Wildman–Crippen MR) is 70.8 cm³/mol. The first-order chi connectivity index (χ1) is 8.33. The molecule has 2 heteroatoms. The molecule has 0 spiro atoms. The van der Waals surface area contributed by atoms with Crippen molar-refractivity contribution in [2.24, 2.45) is 11.7 Å². The molecule has 1 aromatic heterocycles. The number of aryl methyl sites for hydroxylation is 1. The van der Waals surface area contributed by atoms with E-state index in [1.54, 1.807) is 0 Å². The van der Waals surface area contributed by atoms with Crippen LogP contribution in [-0.2, 0) is 6.42 Å². The highest BCUT2D eigenvalue weighted by Gasteiger charge is 2.27. The Morgan fingerprint density at radius 3 is 3.00 bits per heavy atom. The van der Waals surface area contributed by atoms with Crippen LogP contribution in [-0.4, -0.2) is 11.0 Å². The third-order valence-corrected chi connectivity index (χ3v) is 3.66. The van der Waals surface area contributed by atoms with Gasteiger partial charge in [-0.1, -0.05) is 12.1 Å². The van der Waals surface area contributed by atoms with Crippen LogP contribution in [0.3, 0.4) is 0 Å². The van der Waals surface area contributed by atoms with Crippen LogP contribution in [0.2, 0.25) is 0 Å². The molecule has 0 bridgehead atoms. The summed E-state index contributed by atoms with van der Waals surface area (Å²) < 4.78 is 0. The quantitative estimate of drug-likeness (QED) is 0.870. The first kappa shape index (κ1) is 10.7. The van der Waals surface area contributed by atoms with Gasteiger partial charge in [0.2, 0.25) is 0 Å². The standard InChI is InChI=1S/C15H18N2/c16-14(12-5-6-12)7-3-11-4-8-15-13(10-11)2-1-9-17-15/h1-2,4,8-10,12,14H,3,5-7,16H2. The van der Waals surface area contributed by atoms with Gasteiger partial charge in [-0.25, -0.2) is 0 Å². The van der Waals surface area contributed by atoms with E-state index in [1.165, 1.54) is 23.8 Å². The number of fused-ring (bicyclic) bond motifs is 1. The lowest BCUT2D eigenvalue weighted by Crippen LogP contribution is -2.22. The Morgan fingerprint density at radius 2 is 2.18 bits per heavy atom. The van der Waals surface area contributed by atoms with E-state index in [9.17, 15) is 0 Å². The number of nitrogens with zero attached hydrogens (tertiary/aromatic N) is 1. The molecule has 1 atom stereocenters. The lowest BCUT2D eigenvalue weighted by atomic mass is 10.0. The van der Waals surface area contributed by atoms with Gasteiger partial charge in [-0.2, -0.15) is 0 Å². The van der Waals surface area contributed by atoms with Crippen molar-refractivity contribution in [3.05, 3.63) is 42.1 Å². The molecule has 0 amide bonds. The Labute approximate surface area is 102 Å². The summed E-state index contributed by atoms with van der Waals surface area (Å²) in [6.45, 7) is 0. The third-order valence-electron chi connectivity index (χ3n) is 3.66. The molecule has 2 aromatic rings. The van der Waals surface area contributed by atoms with Crippen molar-refractivity contribution < 1.29 is 0 Å². The van der Waals surface area contributed by atoms with Crippen LogP contribution in [0.1, 0.15) is 24.8 Å². The summed E-state index contributed by atoms with van der Waals surface area (Å²) in [5.74, 6) is 0.803. The van der Waals surface area contributed by atoms with Gasteiger partial charge in [0.25, 0.3) is 0 Å². The van der Waals surface area contributed by atoms with Gasteiger partial charge in [0.1, 0.15) is 0 Å². The average molecular weight is 226 g/mol. The molecule has 1 fully saturated rings. The van der Waals surface area contributed by atoms with Crippen LogP contribution in [0.25, 0.3) is 10.9 Å². The molecule has 88 valence electrons. The van der Waals surface area contributed by atoms with E-state index in [-0.39, 0.29) is 0 Å². The number of nitrogens with two attached hydrogens (primary N) is 1. The molecule has 2 N–H and O–H groups in total. The summed E-state index contributed by atoms with van der Waals surface area (Å²) in [5.41, 5.74) is 8.58. The first-order valence-corrected chi connectivity index (χ1v) is 6.42. The molecule has 1 aliphatic rings. The van der Waals surface area contributed by atoms with Gasteiger partial charge in [-0.3, -0.25) is 4.98 Å². The minimum atomic E-state index is 0.402. The molecule has 1 aliphatic carbocycles.